The number of benzene rings is 1. The molecule has 0 N–H and O–H groups in total. The van der Waals surface area contributed by atoms with E-state index >= 15 is 0 Å². The third-order valence-corrected chi connectivity index (χ3v) is 5.72. The van der Waals surface area contributed by atoms with E-state index in [9.17, 15) is 0 Å². The van der Waals surface area contributed by atoms with Crippen LogP contribution in [0.3, 0.4) is 0 Å². The number of nitrogens with zero attached hydrogens (tertiary/aromatic N) is 2. The van der Waals surface area contributed by atoms with Gasteiger partial charge in [0.25, 0.3) is 0 Å². The molecule has 1 aliphatic heterocycles. The van der Waals surface area contributed by atoms with Crippen LogP contribution in [0.1, 0.15) is 42.0 Å². The van der Waals surface area contributed by atoms with E-state index < -0.39 is 0 Å². The monoisotopic (exact) mass is 352 g/mol. The molecule has 4 heteroatoms. The van der Waals surface area contributed by atoms with E-state index in [1.54, 1.807) is 7.11 Å². The number of likely N-dealkylation sites (tertiary alicyclic amines) is 1. The number of pyridine rings is 1. The molecule has 138 valence electrons. The Morgan fingerprint density at radius 3 is 2.73 bits per heavy atom. The maximum Gasteiger partial charge on any atom is 0.213 e. The summed E-state index contributed by atoms with van der Waals surface area (Å²) >= 11 is 0. The third-order valence-electron chi connectivity index (χ3n) is 5.72. The minimum Gasteiger partial charge on any atom is -0.497 e. The van der Waals surface area contributed by atoms with Crippen LogP contribution in [-0.2, 0) is 6.42 Å². The van der Waals surface area contributed by atoms with Gasteiger partial charge in [-0.15, -0.1) is 0 Å². The Kier molecular flexibility index (Phi) is 5.11. The molecule has 0 spiro atoms. The zero-order valence-corrected chi connectivity index (χ0v) is 15.8. The van der Waals surface area contributed by atoms with Gasteiger partial charge in [-0.2, -0.15) is 0 Å². The standard InChI is InChI=1S/C22H28N2O2/c1-16-4-3-5-22(23-16)26-19-10-12-24(13-11-19)15-18-7-6-17-8-9-20(25-2)14-21(17)18/h3-5,8-9,14,18-19H,6-7,10-13,15H2,1-2H3. The van der Waals surface area contributed by atoms with Crippen molar-refractivity contribution in [2.75, 3.05) is 26.7 Å². The fourth-order valence-corrected chi connectivity index (χ4v) is 4.26. The van der Waals surface area contributed by atoms with Crippen LogP contribution in [0.15, 0.2) is 36.4 Å². The molecule has 4 nitrogen and oxygen atoms in total. The van der Waals surface area contributed by atoms with Gasteiger partial charge in [-0.1, -0.05) is 12.1 Å². The molecular weight excluding hydrogens is 324 g/mol. The average molecular weight is 352 g/mol. The highest BCUT2D eigenvalue weighted by molar-refractivity contribution is 5.41. The van der Waals surface area contributed by atoms with Crippen LogP contribution in [-0.4, -0.2) is 42.7 Å². The lowest BCUT2D eigenvalue weighted by Crippen LogP contribution is -2.40. The van der Waals surface area contributed by atoms with Crippen molar-refractivity contribution in [3.05, 3.63) is 53.2 Å². The Bertz CT molecular complexity index is 754. The van der Waals surface area contributed by atoms with Gasteiger partial charge < -0.3 is 14.4 Å². The maximum absolute atomic E-state index is 6.09. The van der Waals surface area contributed by atoms with Crippen molar-refractivity contribution in [2.24, 2.45) is 0 Å². The summed E-state index contributed by atoms with van der Waals surface area (Å²) in [7, 11) is 1.75. The van der Waals surface area contributed by atoms with Crippen LogP contribution in [0.25, 0.3) is 0 Å². The van der Waals surface area contributed by atoms with Crippen LogP contribution in [0.2, 0.25) is 0 Å². The molecule has 1 unspecified atom stereocenters. The molecule has 1 aromatic heterocycles. The first-order chi connectivity index (χ1) is 12.7. The Hall–Kier alpha value is -2.07. The van der Waals surface area contributed by atoms with E-state index in [4.69, 9.17) is 9.47 Å². The molecule has 4 rings (SSSR count). The number of rotatable bonds is 5. The number of hydrogen-bond donors (Lipinski definition) is 0. The summed E-state index contributed by atoms with van der Waals surface area (Å²) in [4.78, 5) is 7.06. The molecule has 1 aromatic carbocycles. The largest absolute Gasteiger partial charge is 0.497 e. The number of hydrogen-bond acceptors (Lipinski definition) is 4. The molecule has 0 saturated carbocycles. The topological polar surface area (TPSA) is 34.6 Å². The number of aromatic nitrogens is 1. The van der Waals surface area contributed by atoms with Crippen molar-refractivity contribution in [3.8, 4) is 11.6 Å². The minimum absolute atomic E-state index is 0.288. The van der Waals surface area contributed by atoms with E-state index in [1.165, 1.54) is 24.0 Å². The van der Waals surface area contributed by atoms with Crippen molar-refractivity contribution >= 4 is 0 Å². The van der Waals surface area contributed by atoms with Crippen LogP contribution >= 0.6 is 0 Å². The molecule has 2 heterocycles. The van der Waals surface area contributed by atoms with Gasteiger partial charge in [-0.25, -0.2) is 4.98 Å². The molecule has 1 saturated heterocycles. The first-order valence-corrected chi connectivity index (χ1v) is 9.71. The van der Waals surface area contributed by atoms with Gasteiger partial charge in [-0.05, 0) is 67.9 Å². The lowest BCUT2D eigenvalue weighted by Gasteiger charge is -2.33. The highest BCUT2D eigenvalue weighted by Crippen LogP contribution is 2.36. The zero-order chi connectivity index (χ0) is 17.9. The van der Waals surface area contributed by atoms with Gasteiger partial charge in [0.15, 0.2) is 0 Å². The summed E-state index contributed by atoms with van der Waals surface area (Å²) in [5, 5.41) is 0. The number of piperidine rings is 1. The first-order valence-electron chi connectivity index (χ1n) is 9.71. The van der Waals surface area contributed by atoms with Crippen molar-refractivity contribution in [1.29, 1.82) is 0 Å². The fraction of sp³-hybridized carbons (Fsp3) is 0.500. The Morgan fingerprint density at radius 2 is 1.96 bits per heavy atom. The average Bonchev–Trinajstić information content (AvgIpc) is 3.05. The highest BCUT2D eigenvalue weighted by Gasteiger charge is 2.28. The minimum atomic E-state index is 0.288. The van der Waals surface area contributed by atoms with Gasteiger partial charge in [0, 0.05) is 31.4 Å². The van der Waals surface area contributed by atoms with Crippen molar-refractivity contribution < 1.29 is 9.47 Å². The van der Waals surface area contributed by atoms with Crippen molar-refractivity contribution in [1.82, 2.24) is 9.88 Å². The summed E-state index contributed by atoms with van der Waals surface area (Å²) in [5.41, 5.74) is 4.00. The lowest BCUT2D eigenvalue weighted by atomic mass is 9.98. The number of fused-ring (bicyclic) bond motifs is 1. The van der Waals surface area contributed by atoms with Crippen LogP contribution in [0.5, 0.6) is 11.6 Å². The number of aryl methyl sites for hydroxylation is 2. The molecule has 0 bridgehead atoms. The molecular formula is C22H28N2O2. The smallest absolute Gasteiger partial charge is 0.213 e. The number of ether oxygens (including phenoxy) is 2. The Morgan fingerprint density at radius 1 is 1.12 bits per heavy atom. The Labute approximate surface area is 156 Å². The van der Waals surface area contributed by atoms with Gasteiger partial charge in [0.2, 0.25) is 5.88 Å². The molecule has 2 aromatic rings. The Balaban J connectivity index is 1.31. The summed E-state index contributed by atoms with van der Waals surface area (Å²) in [6.07, 6.45) is 4.89. The predicted molar refractivity (Wildman–Crippen MR) is 103 cm³/mol. The van der Waals surface area contributed by atoms with Crippen molar-refractivity contribution in [3.63, 3.8) is 0 Å². The second-order valence-electron chi connectivity index (χ2n) is 7.54. The molecule has 1 atom stereocenters. The van der Waals surface area contributed by atoms with Crippen LogP contribution in [0.4, 0.5) is 0 Å². The van der Waals surface area contributed by atoms with Crippen molar-refractivity contribution in [2.45, 2.75) is 44.6 Å². The summed E-state index contributed by atoms with van der Waals surface area (Å²) < 4.78 is 11.5. The molecule has 0 amide bonds. The van der Waals surface area contributed by atoms with Gasteiger partial charge in [0.05, 0.1) is 7.11 Å². The predicted octanol–water partition coefficient (Wildman–Crippen LogP) is 3.97. The normalized spacial score (nSPS) is 20.8. The second-order valence-corrected chi connectivity index (χ2v) is 7.54. The summed E-state index contributed by atoms with van der Waals surface area (Å²) in [6.45, 7) is 5.36. The van der Waals surface area contributed by atoms with Crippen LogP contribution in [0, 0.1) is 6.92 Å². The fourth-order valence-electron chi connectivity index (χ4n) is 4.26. The second kappa shape index (κ2) is 7.67. The van der Waals surface area contributed by atoms with E-state index in [0.717, 1.165) is 49.8 Å². The van der Waals surface area contributed by atoms with Gasteiger partial charge in [-0.3, -0.25) is 0 Å². The number of methoxy groups -OCH3 is 1. The third kappa shape index (κ3) is 3.85. The molecule has 1 aliphatic carbocycles. The van der Waals surface area contributed by atoms with Gasteiger partial charge in [0.1, 0.15) is 11.9 Å². The maximum atomic E-state index is 6.09. The molecule has 26 heavy (non-hydrogen) atoms. The van der Waals surface area contributed by atoms with E-state index in [2.05, 4.69) is 28.1 Å². The highest BCUT2D eigenvalue weighted by atomic mass is 16.5. The molecule has 2 aliphatic rings. The van der Waals surface area contributed by atoms with Gasteiger partial charge >= 0.3 is 0 Å². The zero-order valence-electron chi connectivity index (χ0n) is 15.8. The van der Waals surface area contributed by atoms with E-state index in [-0.39, 0.29) is 6.10 Å². The first kappa shape index (κ1) is 17.3. The quantitative estimate of drug-likeness (QED) is 0.815. The van der Waals surface area contributed by atoms with E-state index in [1.807, 2.05) is 25.1 Å². The van der Waals surface area contributed by atoms with E-state index in [0.29, 0.717) is 5.92 Å². The SMILES string of the molecule is COc1ccc2c(c1)C(CN1CCC(Oc3cccc(C)n3)CC1)CC2. The van der Waals surface area contributed by atoms with Crippen LogP contribution < -0.4 is 9.47 Å². The lowest BCUT2D eigenvalue weighted by molar-refractivity contribution is 0.0933. The molecule has 1 fully saturated rings. The summed E-state index contributed by atoms with van der Waals surface area (Å²) in [6, 6.07) is 12.5. The summed E-state index contributed by atoms with van der Waals surface area (Å²) in [5.74, 6) is 2.38. The molecule has 0 radical (unpaired) electrons.